The summed E-state index contributed by atoms with van der Waals surface area (Å²) in [4.78, 5) is 12.3. The van der Waals surface area contributed by atoms with Gasteiger partial charge in [-0.05, 0) is 53.9 Å². The van der Waals surface area contributed by atoms with Gasteiger partial charge in [-0.3, -0.25) is 9.89 Å². The molecule has 0 spiro atoms. The molecule has 3 rings (SSSR count). The molecule has 0 aliphatic heterocycles. The van der Waals surface area contributed by atoms with E-state index in [9.17, 15) is 9.18 Å². The van der Waals surface area contributed by atoms with Gasteiger partial charge in [-0.2, -0.15) is 5.10 Å². The Morgan fingerprint density at radius 1 is 1.08 bits per heavy atom. The number of aromatic amines is 1. The normalized spacial score (nSPS) is 10.8. The molecule has 1 aromatic heterocycles. The Hall–Kier alpha value is -2.95. The largest absolute Gasteiger partial charge is 0.321 e. The third-order valence-electron chi connectivity index (χ3n) is 3.80. The van der Waals surface area contributed by atoms with E-state index in [0.717, 1.165) is 11.3 Å². The fourth-order valence-corrected chi connectivity index (χ4v) is 2.36. The molecule has 2 N–H and O–H groups in total. The van der Waals surface area contributed by atoms with Crippen molar-refractivity contribution in [2.24, 2.45) is 0 Å². The molecule has 4 nitrogen and oxygen atoms in total. The molecule has 3 aromatic rings. The number of benzene rings is 2. The summed E-state index contributed by atoms with van der Waals surface area (Å²) >= 11 is 0. The Labute approximate surface area is 139 Å². The highest BCUT2D eigenvalue weighted by Crippen LogP contribution is 2.20. The van der Waals surface area contributed by atoms with E-state index >= 15 is 0 Å². The number of amides is 1. The van der Waals surface area contributed by atoms with Crippen molar-refractivity contribution >= 4 is 11.6 Å². The van der Waals surface area contributed by atoms with Crippen LogP contribution in [0.15, 0.2) is 54.6 Å². The first-order valence-electron chi connectivity index (χ1n) is 7.75. The molecule has 0 saturated heterocycles. The van der Waals surface area contributed by atoms with Crippen molar-refractivity contribution in [3.8, 4) is 11.3 Å². The highest BCUT2D eigenvalue weighted by atomic mass is 19.1. The minimum absolute atomic E-state index is 0.270. The van der Waals surface area contributed by atoms with E-state index < -0.39 is 0 Å². The van der Waals surface area contributed by atoms with Gasteiger partial charge in [0, 0.05) is 11.3 Å². The number of anilines is 1. The lowest BCUT2D eigenvalue weighted by atomic mass is 10.0. The van der Waals surface area contributed by atoms with Crippen molar-refractivity contribution < 1.29 is 9.18 Å². The maximum absolute atomic E-state index is 13.0. The summed E-state index contributed by atoms with van der Waals surface area (Å²) in [5, 5.41) is 9.65. The SMILES string of the molecule is CC(C)c1ccc(NC(=O)c2cc(-c3ccc(F)cc3)n[nH]2)cc1. The van der Waals surface area contributed by atoms with E-state index in [0.29, 0.717) is 17.3 Å². The standard InChI is InChI=1S/C19H18FN3O/c1-12(2)13-5-9-16(10-6-13)21-19(24)18-11-17(22-23-18)14-3-7-15(20)8-4-14/h3-12H,1-2H3,(H,21,24)(H,22,23). The first-order chi connectivity index (χ1) is 11.5. The number of carbonyl (C=O) groups excluding carboxylic acids is 1. The van der Waals surface area contributed by atoms with Crippen LogP contribution in [-0.2, 0) is 0 Å². The fraction of sp³-hybridized carbons (Fsp3) is 0.158. The van der Waals surface area contributed by atoms with Crippen LogP contribution in [0.2, 0.25) is 0 Å². The molecule has 24 heavy (non-hydrogen) atoms. The monoisotopic (exact) mass is 323 g/mol. The summed E-state index contributed by atoms with van der Waals surface area (Å²) in [7, 11) is 0. The Bertz CT molecular complexity index is 836. The minimum Gasteiger partial charge on any atom is -0.321 e. The first-order valence-corrected chi connectivity index (χ1v) is 7.75. The van der Waals surface area contributed by atoms with Crippen LogP contribution in [0.5, 0.6) is 0 Å². The average Bonchev–Trinajstić information content (AvgIpc) is 3.06. The van der Waals surface area contributed by atoms with Gasteiger partial charge in [-0.1, -0.05) is 26.0 Å². The number of nitrogens with one attached hydrogen (secondary N) is 2. The Morgan fingerprint density at radius 2 is 1.75 bits per heavy atom. The third kappa shape index (κ3) is 3.51. The molecule has 0 fully saturated rings. The fourth-order valence-electron chi connectivity index (χ4n) is 2.36. The molecule has 1 heterocycles. The number of halogens is 1. The third-order valence-corrected chi connectivity index (χ3v) is 3.80. The molecule has 0 radical (unpaired) electrons. The van der Waals surface area contributed by atoms with Crippen LogP contribution in [-0.4, -0.2) is 16.1 Å². The minimum atomic E-state index is -0.308. The molecule has 0 aliphatic carbocycles. The summed E-state index contributed by atoms with van der Waals surface area (Å²) in [5.74, 6) is -0.133. The van der Waals surface area contributed by atoms with Gasteiger partial charge in [-0.15, -0.1) is 0 Å². The summed E-state index contributed by atoms with van der Waals surface area (Å²) in [6.07, 6.45) is 0. The van der Waals surface area contributed by atoms with Crippen molar-refractivity contribution in [3.05, 3.63) is 71.7 Å². The maximum Gasteiger partial charge on any atom is 0.273 e. The Kier molecular flexibility index (Phi) is 4.42. The predicted octanol–water partition coefficient (Wildman–Crippen LogP) is 4.59. The van der Waals surface area contributed by atoms with Crippen LogP contribution in [0.4, 0.5) is 10.1 Å². The van der Waals surface area contributed by atoms with Crippen molar-refractivity contribution in [3.63, 3.8) is 0 Å². The summed E-state index contributed by atoms with van der Waals surface area (Å²) in [6.45, 7) is 4.24. The lowest BCUT2D eigenvalue weighted by Crippen LogP contribution is -2.12. The number of carbonyl (C=O) groups is 1. The van der Waals surface area contributed by atoms with E-state index in [1.807, 2.05) is 24.3 Å². The first kappa shape index (κ1) is 15.9. The van der Waals surface area contributed by atoms with E-state index in [1.165, 1.54) is 17.7 Å². The number of rotatable bonds is 4. The highest BCUT2D eigenvalue weighted by molar-refractivity contribution is 6.03. The second-order valence-electron chi connectivity index (χ2n) is 5.90. The van der Waals surface area contributed by atoms with Crippen LogP contribution in [0.3, 0.4) is 0 Å². The molecule has 0 aliphatic rings. The van der Waals surface area contributed by atoms with E-state index in [2.05, 4.69) is 29.4 Å². The average molecular weight is 323 g/mol. The second-order valence-corrected chi connectivity index (χ2v) is 5.90. The maximum atomic E-state index is 13.0. The van der Waals surface area contributed by atoms with Gasteiger partial charge in [0.1, 0.15) is 11.5 Å². The Balaban J connectivity index is 1.72. The quantitative estimate of drug-likeness (QED) is 0.737. The van der Waals surface area contributed by atoms with Gasteiger partial charge in [0.2, 0.25) is 0 Å². The number of aromatic nitrogens is 2. The van der Waals surface area contributed by atoms with Crippen LogP contribution < -0.4 is 5.32 Å². The van der Waals surface area contributed by atoms with Gasteiger partial charge < -0.3 is 5.32 Å². The van der Waals surface area contributed by atoms with Gasteiger partial charge >= 0.3 is 0 Å². The molecule has 1 amide bonds. The molecule has 122 valence electrons. The second kappa shape index (κ2) is 6.66. The lowest BCUT2D eigenvalue weighted by molar-refractivity contribution is 0.102. The van der Waals surface area contributed by atoms with Crippen LogP contribution in [0, 0.1) is 5.82 Å². The van der Waals surface area contributed by atoms with Crippen molar-refractivity contribution in [2.75, 3.05) is 5.32 Å². The molecule has 0 unspecified atom stereocenters. The van der Waals surface area contributed by atoms with Crippen LogP contribution >= 0.6 is 0 Å². The number of hydrogen-bond acceptors (Lipinski definition) is 2. The number of H-pyrrole nitrogens is 1. The predicted molar refractivity (Wildman–Crippen MR) is 92.5 cm³/mol. The smallest absolute Gasteiger partial charge is 0.273 e. The van der Waals surface area contributed by atoms with Gasteiger partial charge in [0.25, 0.3) is 5.91 Å². The van der Waals surface area contributed by atoms with Crippen LogP contribution in [0.25, 0.3) is 11.3 Å². The summed E-state index contributed by atoms with van der Waals surface area (Å²) < 4.78 is 13.0. The van der Waals surface area contributed by atoms with Gasteiger partial charge in [-0.25, -0.2) is 4.39 Å². The van der Waals surface area contributed by atoms with Crippen LogP contribution in [0.1, 0.15) is 35.8 Å². The van der Waals surface area contributed by atoms with E-state index in [-0.39, 0.29) is 11.7 Å². The molecule has 0 bridgehead atoms. The lowest BCUT2D eigenvalue weighted by Gasteiger charge is -2.07. The van der Waals surface area contributed by atoms with Crippen molar-refractivity contribution in [1.82, 2.24) is 10.2 Å². The number of hydrogen-bond donors (Lipinski definition) is 2. The Morgan fingerprint density at radius 3 is 2.38 bits per heavy atom. The summed E-state index contributed by atoms with van der Waals surface area (Å²) in [5.41, 5.74) is 3.63. The van der Waals surface area contributed by atoms with Gasteiger partial charge in [0.05, 0.1) is 5.69 Å². The molecular formula is C19H18FN3O. The van der Waals surface area contributed by atoms with Crippen molar-refractivity contribution in [1.29, 1.82) is 0 Å². The molecule has 5 heteroatoms. The van der Waals surface area contributed by atoms with Crippen molar-refractivity contribution in [2.45, 2.75) is 19.8 Å². The molecule has 0 atom stereocenters. The zero-order chi connectivity index (χ0) is 17.1. The highest BCUT2D eigenvalue weighted by Gasteiger charge is 2.11. The molecular weight excluding hydrogens is 305 g/mol. The summed E-state index contributed by atoms with van der Waals surface area (Å²) in [6, 6.07) is 15.4. The zero-order valence-electron chi connectivity index (χ0n) is 13.5. The van der Waals surface area contributed by atoms with E-state index in [1.54, 1.807) is 18.2 Å². The topological polar surface area (TPSA) is 57.8 Å². The molecule has 2 aromatic carbocycles. The zero-order valence-corrected chi connectivity index (χ0v) is 13.5. The molecule has 0 saturated carbocycles. The number of nitrogens with zero attached hydrogens (tertiary/aromatic N) is 1. The van der Waals surface area contributed by atoms with E-state index in [4.69, 9.17) is 0 Å². The van der Waals surface area contributed by atoms with Gasteiger partial charge in [0.15, 0.2) is 0 Å².